The molecule has 0 unspecified atom stereocenters. The summed E-state index contributed by atoms with van der Waals surface area (Å²) in [7, 11) is 0. The Kier molecular flexibility index (Phi) is 3.84. The molecule has 1 aromatic heterocycles. The van der Waals surface area contributed by atoms with Crippen molar-refractivity contribution in [2.45, 2.75) is 12.8 Å². The van der Waals surface area contributed by atoms with Crippen molar-refractivity contribution in [2.24, 2.45) is 0 Å². The Hall–Kier alpha value is -1.66. The van der Waals surface area contributed by atoms with Crippen LogP contribution in [-0.2, 0) is 0 Å². The van der Waals surface area contributed by atoms with Crippen molar-refractivity contribution in [3.63, 3.8) is 0 Å². The predicted molar refractivity (Wildman–Crippen MR) is 80.8 cm³/mol. The second-order valence-electron chi connectivity index (χ2n) is 4.52. The van der Waals surface area contributed by atoms with Crippen molar-refractivity contribution in [2.75, 3.05) is 23.3 Å². The quantitative estimate of drug-likeness (QED) is 0.947. The molecule has 3 rings (SSSR count). The molecule has 0 bridgehead atoms. The van der Waals surface area contributed by atoms with Crippen LogP contribution in [-0.4, -0.2) is 29.2 Å². The van der Waals surface area contributed by atoms with Gasteiger partial charge in [0.15, 0.2) is 0 Å². The number of nitrogens with zero attached hydrogens (tertiary/aromatic N) is 3. The van der Waals surface area contributed by atoms with E-state index < -0.39 is 0 Å². The molecule has 0 spiro atoms. The highest BCUT2D eigenvalue weighted by Crippen LogP contribution is 2.27. The van der Waals surface area contributed by atoms with Crippen LogP contribution in [0.25, 0.3) is 0 Å². The van der Waals surface area contributed by atoms with E-state index >= 15 is 0 Å². The Labute approximate surface area is 125 Å². The number of hydrogen-bond acceptors (Lipinski definition) is 5. The molecule has 0 atom stereocenters. The number of rotatable bonds is 3. The minimum absolute atomic E-state index is 0.264. The van der Waals surface area contributed by atoms with Crippen molar-refractivity contribution in [3.05, 3.63) is 34.9 Å². The first-order valence-corrected chi connectivity index (χ1v) is 7.58. The van der Waals surface area contributed by atoms with E-state index in [0.717, 1.165) is 18.2 Å². The van der Waals surface area contributed by atoms with Crippen molar-refractivity contribution in [1.29, 1.82) is 0 Å². The first-order chi connectivity index (χ1) is 9.74. The van der Waals surface area contributed by atoms with Gasteiger partial charge in [0.25, 0.3) is 5.91 Å². The molecule has 1 aliphatic heterocycles. The van der Waals surface area contributed by atoms with E-state index in [-0.39, 0.29) is 5.91 Å². The van der Waals surface area contributed by atoms with Crippen LogP contribution >= 0.6 is 22.9 Å². The third-order valence-electron chi connectivity index (χ3n) is 3.13. The molecule has 1 aromatic carbocycles. The Bertz CT molecular complexity index is 624. The lowest BCUT2D eigenvalue weighted by Crippen LogP contribution is -2.17. The SMILES string of the molecule is O=C(Nc1nnc(N2CCCC2)s1)c1ccccc1Cl. The average molecular weight is 309 g/mol. The molecule has 1 aliphatic rings. The zero-order chi connectivity index (χ0) is 13.9. The van der Waals surface area contributed by atoms with Gasteiger partial charge in [-0.15, -0.1) is 10.2 Å². The first kappa shape index (κ1) is 13.3. The predicted octanol–water partition coefficient (Wildman–Crippen LogP) is 3.04. The average Bonchev–Trinajstić information content (AvgIpc) is 3.09. The molecular formula is C13H13ClN4OS. The third-order valence-corrected chi connectivity index (χ3v) is 4.36. The van der Waals surface area contributed by atoms with Crippen LogP contribution < -0.4 is 10.2 Å². The molecule has 0 saturated carbocycles. The van der Waals surface area contributed by atoms with Crippen LogP contribution in [0, 0.1) is 0 Å². The second kappa shape index (κ2) is 5.76. The van der Waals surface area contributed by atoms with Gasteiger partial charge in [0.1, 0.15) is 0 Å². The van der Waals surface area contributed by atoms with E-state index in [9.17, 15) is 4.79 Å². The summed E-state index contributed by atoms with van der Waals surface area (Å²) < 4.78 is 0. The zero-order valence-electron chi connectivity index (χ0n) is 10.7. The van der Waals surface area contributed by atoms with Crippen molar-refractivity contribution in [3.8, 4) is 0 Å². The fourth-order valence-corrected chi connectivity index (χ4v) is 3.13. The van der Waals surface area contributed by atoms with E-state index in [1.54, 1.807) is 24.3 Å². The van der Waals surface area contributed by atoms with E-state index in [1.165, 1.54) is 24.2 Å². The highest BCUT2D eigenvalue weighted by molar-refractivity contribution is 7.19. The maximum atomic E-state index is 12.1. The van der Waals surface area contributed by atoms with E-state index in [0.29, 0.717) is 15.7 Å². The van der Waals surface area contributed by atoms with Crippen LogP contribution in [0.4, 0.5) is 10.3 Å². The number of benzene rings is 1. The molecule has 5 nitrogen and oxygen atoms in total. The maximum Gasteiger partial charge on any atom is 0.259 e. The van der Waals surface area contributed by atoms with Gasteiger partial charge in [-0.1, -0.05) is 35.1 Å². The molecule has 1 N–H and O–H groups in total. The molecule has 1 saturated heterocycles. The Morgan fingerprint density at radius 3 is 2.75 bits per heavy atom. The Morgan fingerprint density at radius 2 is 2.00 bits per heavy atom. The lowest BCUT2D eigenvalue weighted by Gasteiger charge is -2.10. The van der Waals surface area contributed by atoms with Crippen LogP contribution in [0.2, 0.25) is 5.02 Å². The van der Waals surface area contributed by atoms with Crippen LogP contribution in [0.5, 0.6) is 0 Å². The van der Waals surface area contributed by atoms with Crippen LogP contribution in [0.1, 0.15) is 23.2 Å². The van der Waals surface area contributed by atoms with Gasteiger partial charge in [-0.05, 0) is 25.0 Å². The molecular weight excluding hydrogens is 296 g/mol. The summed E-state index contributed by atoms with van der Waals surface area (Å²) in [6, 6.07) is 6.93. The molecule has 1 amide bonds. The molecule has 0 radical (unpaired) electrons. The standard InChI is InChI=1S/C13H13ClN4OS/c14-10-6-2-1-5-9(10)11(19)15-12-16-17-13(20-12)18-7-3-4-8-18/h1-2,5-6H,3-4,7-8H2,(H,15,16,19). The van der Waals surface area contributed by atoms with E-state index in [4.69, 9.17) is 11.6 Å². The highest BCUT2D eigenvalue weighted by Gasteiger charge is 2.18. The summed E-state index contributed by atoms with van der Waals surface area (Å²) in [5, 5.41) is 12.6. The minimum atomic E-state index is -0.264. The monoisotopic (exact) mass is 308 g/mol. The number of anilines is 2. The second-order valence-corrected chi connectivity index (χ2v) is 5.88. The normalized spacial score (nSPS) is 14.6. The summed E-state index contributed by atoms with van der Waals surface area (Å²) in [5.74, 6) is -0.264. The van der Waals surface area contributed by atoms with Gasteiger partial charge in [0, 0.05) is 13.1 Å². The Balaban J connectivity index is 1.72. The molecule has 104 valence electrons. The van der Waals surface area contributed by atoms with Crippen LogP contribution in [0.15, 0.2) is 24.3 Å². The molecule has 0 aliphatic carbocycles. The van der Waals surface area contributed by atoms with Crippen molar-refractivity contribution < 1.29 is 4.79 Å². The number of aromatic nitrogens is 2. The van der Waals surface area contributed by atoms with E-state index in [1.807, 2.05) is 0 Å². The maximum absolute atomic E-state index is 12.1. The lowest BCUT2D eigenvalue weighted by molar-refractivity contribution is 0.102. The summed E-state index contributed by atoms with van der Waals surface area (Å²) in [5.41, 5.74) is 0.437. The zero-order valence-corrected chi connectivity index (χ0v) is 12.2. The van der Waals surface area contributed by atoms with Gasteiger partial charge in [0.2, 0.25) is 10.3 Å². The smallest absolute Gasteiger partial charge is 0.259 e. The number of amides is 1. The van der Waals surface area contributed by atoms with Crippen molar-refractivity contribution in [1.82, 2.24) is 10.2 Å². The summed E-state index contributed by atoms with van der Waals surface area (Å²) >= 11 is 7.38. The number of hydrogen-bond donors (Lipinski definition) is 1. The highest BCUT2D eigenvalue weighted by atomic mass is 35.5. The van der Waals surface area contributed by atoms with Gasteiger partial charge < -0.3 is 4.90 Å². The number of halogens is 1. The Morgan fingerprint density at radius 1 is 1.25 bits per heavy atom. The molecule has 2 heterocycles. The topological polar surface area (TPSA) is 58.1 Å². The largest absolute Gasteiger partial charge is 0.347 e. The molecule has 20 heavy (non-hydrogen) atoms. The first-order valence-electron chi connectivity index (χ1n) is 6.38. The fourth-order valence-electron chi connectivity index (χ4n) is 2.11. The van der Waals surface area contributed by atoms with Gasteiger partial charge in [-0.25, -0.2) is 0 Å². The molecule has 2 aromatic rings. The summed E-state index contributed by atoms with van der Waals surface area (Å²) in [4.78, 5) is 14.3. The number of carbonyl (C=O) groups excluding carboxylic acids is 1. The van der Waals surface area contributed by atoms with Gasteiger partial charge >= 0.3 is 0 Å². The minimum Gasteiger partial charge on any atom is -0.347 e. The lowest BCUT2D eigenvalue weighted by atomic mass is 10.2. The van der Waals surface area contributed by atoms with Gasteiger partial charge in [0.05, 0.1) is 10.6 Å². The molecule has 7 heteroatoms. The third kappa shape index (κ3) is 2.76. The fraction of sp³-hybridized carbons (Fsp3) is 0.308. The molecule has 1 fully saturated rings. The number of carbonyl (C=O) groups is 1. The number of nitrogens with one attached hydrogen (secondary N) is 1. The van der Waals surface area contributed by atoms with Gasteiger partial charge in [-0.2, -0.15) is 0 Å². The summed E-state index contributed by atoms with van der Waals surface area (Å²) in [6.07, 6.45) is 2.36. The van der Waals surface area contributed by atoms with E-state index in [2.05, 4.69) is 20.4 Å². The van der Waals surface area contributed by atoms with Crippen molar-refractivity contribution >= 4 is 39.1 Å². The van der Waals surface area contributed by atoms with Crippen LogP contribution in [0.3, 0.4) is 0 Å². The van der Waals surface area contributed by atoms with Gasteiger partial charge in [-0.3, -0.25) is 10.1 Å². The summed E-state index contributed by atoms with van der Waals surface area (Å²) in [6.45, 7) is 2.01.